The molecule has 0 aliphatic carbocycles. The molecule has 0 N–H and O–H groups in total. The van der Waals surface area contributed by atoms with Gasteiger partial charge in [-0.15, -0.1) is 0 Å². The van der Waals surface area contributed by atoms with Gasteiger partial charge < -0.3 is 0 Å². The molecule has 21 heavy (non-hydrogen) atoms. The lowest BCUT2D eigenvalue weighted by atomic mass is 10.1. The van der Waals surface area contributed by atoms with Crippen molar-refractivity contribution in [1.82, 2.24) is 9.97 Å². The van der Waals surface area contributed by atoms with Gasteiger partial charge >= 0.3 is 18.2 Å². The summed E-state index contributed by atoms with van der Waals surface area (Å²) in [6, 6.07) is 8.56. The van der Waals surface area contributed by atoms with E-state index >= 15 is 0 Å². The molecule has 2 rings (SSSR count). The van der Waals surface area contributed by atoms with Crippen molar-refractivity contribution in [1.29, 1.82) is 0 Å². The van der Waals surface area contributed by atoms with Crippen LogP contribution in [0, 0.1) is 0 Å². The Morgan fingerprint density at radius 3 is 2.24 bits per heavy atom. The number of benzene rings is 1. The Balaban J connectivity index is 1.88. The maximum Gasteiger partial charge on any atom is 0.506 e. The maximum absolute atomic E-state index is 4.51. The van der Waals surface area contributed by atoms with E-state index in [1.165, 1.54) is 41.4 Å². The zero-order valence-electron chi connectivity index (χ0n) is 12.7. The van der Waals surface area contributed by atoms with Gasteiger partial charge in [0, 0.05) is 18.0 Å². The van der Waals surface area contributed by atoms with Gasteiger partial charge in [-0.3, -0.25) is 12.9 Å². The molecule has 0 spiro atoms. The van der Waals surface area contributed by atoms with Crippen LogP contribution in [0.1, 0.15) is 44.6 Å². The lowest BCUT2D eigenvalue weighted by molar-refractivity contribution is 0.631. The zero-order valence-corrected chi connectivity index (χ0v) is 15.7. The van der Waals surface area contributed by atoms with E-state index in [4.69, 9.17) is 0 Å². The van der Waals surface area contributed by atoms with E-state index in [9.17, 15) is 0 Å². The monoisotopic (exact) mass is 356 g/mol. The Kier molecular flexibility index (Phi) is 7.68. The SMILES string of the molecule is CCCCCCCc1cnc(-c2cc[c]([Mg][Br])cc2)nc1. The van der Waals surface area contributed by atoms with Crippen LogP contribution in [0.25, 0.3) is 11.4 Å². The molecule has 0 saturated carbocycles. The van der Waals surface area contributed by atoms with Gasteiger partial charge in [-0.1, -0.05) is 56.9 Å². The van der Waals surface area contributed by atoms with Crippen LogP contribution in [0.15, 0.2) is 36.7 Å². The van der Waals surface area contributed by atoms with Gasteiger partial charge in [0.15, 0.2) is 5.82 Å². The van der Waals surface area contributed by atoms with Crippen molar-refractivity contribution in [3.8, 4) is 11.4 Å². The van der Waals surface area contributed by atoms with Gasteiger partial charge in [-0.05, 0) is 18.4 Å². The van der Waals surface area contributed by atoms with Crippen LogP contribution in [0.4, 0.5) is 0 Å². The van der Waals surface area contributed by atoms with E-state index in [2.05, 4.69) is 54.0 Å². The van der Waals surface area contributed by atoms with E-state index in [-0.39, 0.29) is 18.2 Å². The summed E-state index contributed by atoms with van der Waals surface area (Å²) in [6.07, 6.45) is 11.6. The third-order valence-corrected chi connectivity index (χ3v) is 6.36. The molecular formula is C17H21BrMgN2. The summed E-state index contributed by atoms with van der Waals surface area (Å²) < 4.78 is 1.41. The standard InChI is InChI=1S/C17H21N2.BrH.Mg/c1-2-3-4-5-7-10-15-13-18-17(19-14-15)16-11-8-6-9-12-16;;/h8-9,11-14H,2-5,7,10H2,1H3;1H;/q;;+1/p-1. The molecular weight excluding hydrogens is 336 g/mol. The first-order valence-corrected chi connectivity index (χ1v) is 12.4. The second-order valence-electron chi connectivity index (χ2n) is 5.41. The summed E-state index contributed by atoms with van der Waals surface area (Å²) in [5.74, 6) is 0.826. The Bertz CT molecular complexity index is 525. The molecule has 1 aromatic carbocycles. The minimum Gasteiger partial charge on any atom is -0.296 e. The molecule has 0 bridgehead atoms. The van der Waals surface area contributed by atoms with Crippen LogP contribution in [-0.2, 0) is 6.42 Å². The van der Waals surface area contributed by atoms with Gasteiger partial charge in [0.2, 0.25) is 0 Å². The number of nitrogens with zero attached hydrogens (tertiary/aromatic N) is 2. The highest BCUT2D eigenvalue weighted by Crippen LogP contribution is 2.14. The summed E-state index contributed by atoms with van der Waals surface area (Å²) in [5, 5.41) is 0. The van der Waals surface area contributed by atoms with E-state index in [0.29, 0.717) is 0 Å². The fourth-order valence-corrected chi connectivity index (χ4v) is 3.84. The fourth-order valence-electron chi connectivity index (χ4n) is 2.31. The minimum atomic E-state index is -0.255. The van der Waals surface area contributed by atoms with Crippen molar-refractivity contribution in [2.45, 2.75) is 45.4 Å². The fraction of sp³-hybridized carbons (Fsp3) is 0.412. The van der Waals surface area contributed by atoms with Gasteiger partial charge in [0.1, 0.15) is 0 Å². The first-order chi connectivity index (χ1) is 10.3. The van der Waals surface area contributed by atoms with Crippen LogP contribution < -0.4 is 3.69 Å². The maximum atomic E-state index is 4.51. The molecule has 0 radical (unpaired) electrons. The van der Waals surface area contributed by atoms with E-state index in [0.717, 1.165) is 17.8 Å². The highest BCUT2D eigenvalue weighted by atomic mass is 79.9. The van der Waals surface area contributed by atoms with E-state index in [1.807, 2.05) is 12.4 Å². The van der Waals surface area contributed by atoms with Crippen LogP contribution in [0.5, 0.6) is 0 Å². The molecule has 108 valence electrons. The average Bonchev–Trinajstić information content (AvgIpc) is 2.55. The Labute approximate surface area is 143 Å². The summed E-state index contributed by atoms with van der Waals surface area (Å²) in [6.45, 7) is 2.25. The van der Waals surface area contributed by atoms with Gasteiger partial charge in [-0.25, -0.2) is 9.97 Å². The predicted octanol–water partition coefficient (Wildman–Crippen LogP) is 4.30. The number of hydrogen-bond acceptors (Lipinski definition) is 2. The molecule has 2 nitrogen and oxygen atoms in total. The second-order valence-corrected chi connectivity index (χ2v) is 8.18. The first kappa shape index (κ1) is 16.9. The van der Waals surface area contributed by atoms with E-state index < -0.39 is 0 Å². The molecule has 0 saturated heterocycles. The summed E-state index contributed by atoms with van der Waals surface area (Å²) in [4.78, 5) is 9.02. The smallest absolute Gasteiger partial charge is 0.296 e. The Hall–Kier alpha value is -0.454. The molecule has 0 fully saturated rings. The van der Waals surface area contributed by atoms with Crippen LogP contribution in [0.2, 0.25) is 0 Å². The largest absolute Gasteiger partial charge is 0.506 e. The highest BCUT2D eigenvalue weighted by molar-refractivity contribution is 9.23. The molecule has 0 unspecified atom stereocenters. The molecule has 2 aromatic rings. The number of aromatic nitrogens is 2. The third kappa shape index (κ3) is 5.68. The topological polar surface area (TPSA) is 25.8 Å². The lowest BCUT2D eigenvalue weighted by Gasteiger charge is -2.04. The van der Waals surface area contributed by atoms with Crippen LogP contribution in [-0.4, -0.2) is 28.2 Å². The van der Waals surface area contributed by atoms with Crippen molar-refractivity contribution >= 4 is 34.8 Å². The van der Waals surface area contributed by atoms with Crippen molar-refractivity contribution < 1.29 is 0 Å². The third-order valence-electron chi connectivity index (χ3n) is 3.64. The van der Waals surface area contributed by atoms with Crippen molar-refractivity contribution in [2.75, 3.05) is 0 Å². The average molecular weight is 358 g/mol. The van der Waals surface area contributed by atoms with Crippen LogP contribution in [0.3, 0.4) is 0 Å². The quantitative estimate of drug-likeness (QED) is 0.520. The minimum absolute atomic E-state index is 0.255. The van der Waals surface area contributed by atoms with Crippen molar-refractivity contribution in [3.05, 3.63) is 42.2 Å². The molecule has 0 atom stereocenters. The molecule has 0 aliphatic heterocycles. The van der Waals surface area contributed by atoms with Gasteiger partial charge in [0.05, 0.1) is 0 Å². The molecule has 0 amide bonds. The summed E-state index contributed by atoms with van der Waals surface area (Å²) in [5.41, 5.74) is 2.35. The number of hydrogen-bond donors (Lipinski definition) is 0. The number of rotatable bonds is 8. The summed E-state index contributed by atoms with van der Waals surface area (Å²) in [7, 11) is 0. The van der Waals surface area contributed by atoms with Crippen LogP contribution >= 0.6 is 12.9 Å². The highest BCUT2D eigenvalue weighted by Gasteiger charge is 2.02. The van der Waals surface area contributed by atoms with Crippen molar-refractivity contribution in [2.24, 2.45) is 0 Å². The van der Waals surface area contributed by atoms with Gasteiger partial charge in [-0.2, -0.15) is 3.69 Å². The Morgan fingerprint density at radius 1 is 0.952 bits per heavy atom. The Morgan fingerprint density at radius 2 is 1.62 bits per heavy atom. The van der Waals surface area contributed by atoms with Gasteiger partial charge in [0.25, 0.3) is 0 Å². The molecule has 4 heteroatoms. The zero-order chi connectivity index (χ0) is 14.9. The van der Waals surface area contributed by atoms with Crippen molar-refractivity contribution in [3.63, 3.8) is 0 Å². The second kappa shape index (κ2) is 9.54. The summed E-state index contributed by atoms with van der Waals surface area (Å²) >= 11 is 3.34. The molecule has 1 heterocycles. The number of unbranched alkanes of at least 4 members (excludes halogenated alkanes) is 4. The number of aryl methyl sites for hydroxylation is 1. The van der Waals surface area contributed by atoms with E-state index in [1.54, 1.807) is 0 Å². The predicted molar refractivity (Wildman–Crippen MR) is 94.2 cm³/mol. The normalized spacial score (nSPS) is 10.4. The first-order valence-electron chi connectivity index (χ1n) is 7.79. The molecule has 0 aliphatic rings. The number of halogens is 1. The molecule has 1 aromatic heterocycles. The lowest BCUT2D eigenvalue weighted by Crippen LogP contribution is -2.06.